The molecular formula is C17H22FNO3. The molecule has 0 bridgehead atoms. The van der Waals surface area contributed by atoms with Crippen LogP contribution in [0.15, 0.2) is 24.3 Å². The predicted molar refractivity (Wildman–Crippen MR) is 81.2 cm³/mol. The van der Waals surface area contributed by atoms with Gasteiger partial charge in [-0.25, -0.2) is 4.39 Å². The van der Waals surface area contributed by atoms with E-state index in [1.165, 1.54) is 31.2 Å². The summed E-state index contributed by atoms with van der Waals surface area (Å²) in [6.45, 7) is 4.08. The summed E-state index contributed by atoms with van der Waals surface area (Å²) in [6, 6.07) is 5.69. The molecular weight excluding hydrogens is 285 g/mol. The highest BCUT2D eigenvalue weighted by Crippen LogP contribution is 2.15. The number of ketones is 1. The van der Waals surface area contributed by atoms with Crippen LogP contribution in [0.25, 0.3) is 0 Å². The van der Waals surface area contributed by atoms with Gasteiger partial charge in [-0.3, -0.25) is 9.59 Å². The first-order valence-corrected chi connectivity index (χ1v) is 7.73. The number of likely N-dealkylation sites (tertiary alicyclic amines) is 1. The second-order valence-corrected chi connectivity index (χ2v) is 5.68. The SMILES string of the molecule is CC(=O)OC1CCN(CCCC(=O)c2ccc(F)cc2)CC1. The Bertz CT molecular complexity index is 507. The zero-order valence-electron chi connectivity index (χ0n) is 12.9. The molecule has 1 aliphatic heterocycles. The van der Waals surface area contributed by atoms with Gasteiger partial charge in [-0.05, 0) is 50.1 Å². The normalized spacial score (nSPS) is 16.5. The minimum Gasteiger partial charge on any atom is -0.462 e. The quantitative estimate of drug-likeness (QED) is 0.599. The number of ether oxygens (including phenoxy) is 1. The molecule has 120 valence electrons. The first kappa shape index (κ1) is 16.6. The fourth-order valence-electron chi connectivity index (χ4n) is 2.73. The Balaban J connectivity index is 1.66. The summed E-state index contributed by atoms with van der Waals surface area (Å²) in [4.78, 5) is 25.2. The van der Waals surface area contributed by atoms with E-state index in [0.717, 1.165) is 38.9 Å². The lowest BCUT2D eigenvalue weighted by Crippen LogP contribution is -2.38. The van der Waals surface area contributed by atoms with Crippen LogP contribution in [0, 0.1) is 5.82 Å². The summed E-state index contributed by atoms with van der Waals surface area (Å²) in [5, 5.41) is 0. The highest BCUT2D eigenvalue weighted by molar-refractivity contribution is 5.95. The van der Waals surface area contributed by atoms with Gasteiger partial charge < -0.3 is 9.64 Å². The van der Waals surface area contributed by atoms with E-state index in [0.29, 0.717) is 12.0 Å². The fourth-order valence-corrected chi connectivity index (χ4v) is 2.73. The smallest absolute Gasteiger partial charge is 0.302 e. The van der Waals surface area contributed by atoms with Crippen molar-refractivity contribution in [1.82, 2.24) is 4.90 Å². The lowest BCUT2D eigenvalue weighted by molar-refractivity contribution is -0.148. The Morgan fingerprint density at radius 1 is 1.23 bits per heavy atom. The molecule has 1 aromatic rings. The van der Waals surface area contributed by atoms with E-state index < -0.39 is 0 Å². The molecule has 4 nitrogen and oxygen atoms in total. The number of nitrogens with zero attached hydrogens (tertiary/aromatic N) is 1. The number of halogens is 1. The Morgan fingerprint density at radius 2 is 1.86 bits per heavy atom. The third-order valence-electron chi connectivity index (χ3n) is 3.91. The van der Waals surface area contributed by atoms with Crippen LogP contribution < -0.4 is 0 Å². The Kier molecular flexibility index (Phi) is 6.07. The van der Waals surface area contributed by atoms with E-state index in [4.69, 9.17) is 4.74 Å². The monoisotopic (exact) mass is 307 g/mol. The molecule has 0 aliphatic carbocycles. The van der Waals surface area contributed by atoms with Gasteiger partial charge in [-0.2, -0.15) is 0 Å². The van der Waals surface area contributed by atoms with Crippen molar-refractivity contribution in [2.24, 2.45) is 0 Å². The van der Waals surface area contributed by atoms with Crippen LogP contribution in [0.2, 0.25) is 0 Å². The first-order chi connectivity index (χ1) is 10.5. The third-order valence-corrected chi connectivity index (χ3v) is 3.91. The summed E-state index contributed by atoms with van der Waals surface area (Å²) in [5.41, 5.74) is 0.565. The Hall–Kier alpha value is -1.75. The number of rotatable bonds is 6. The van der Waals surface area contributed by atoms with Gasteiger partial charge in [0.25, 0.3) is 0 Å². The second kappa shape index (κ2) is 8.03. The van der Waals surface area contributed by atoms with Crippen molar-refractivity contribution in [3.05, 3.63) is 35.6 Å². The fraction of sp³-hybridized carbons (Fsp3) is 0.529. The lowest BCUT2D eigenvalue weighted by atomic mass is 10.0. The van der Waals surface area contributed by atoms with E-state index >= 15 is 0 Å². The van der Waals surface area contributed by atoms with Crippen LogP contribution in [0.4, 0.5) is 4.39 Å². The van der Waals surface area contributed by atoms with Crippen LogP contribution in [0.1, 0.15) is 43.0 Å². The average molecular weight is 307 g/mol. The van der Waals surface area contributed by atoms with E-state index in [2.05, 4.69) is 4.90 Å². The summed E-state index contributed by atoms with van der Waals surface area (Å²) < 4.78 is 18.0. The molecule has 1 aliphatic rings. The van der Waals surface area contributed by atoms with Gasteiger partial charge >= 0.3 is 5.97 Å². The van der Waals surface area contributed by atoms with E-state index in [1.807, 2.05) is 0 Å². The molecule has 0 N–H and O–H groups in total. The summed E-state index contributed by atoms with van der Waals surface area (Å²) >= 11 is 0. The van der Waals surface area contributed by atoms with Crippen molar-refractivity contribution in [2.75, 3.05) is 19.6 Å². The second-order valence-electron chi connectivity index (χ2n) is 5.68. The number of carbonyl (C=O) groups is 2. The Morgan fingerprint density at radius 3 is 2.45 bits per heavy atom. The zero-order valence-corrected chi connectivity index (χ0v) is 12.9. The van der Waals surface area contributed by atoms with Crippen LogP contribution in [0.3, 0.4) is 0 Å². The molecule has 0 atom stereocenters. The van der Waals surface area contributed by atoms with Gasteiger partial charge in [0.05, 0.1) is 0 Å². The molecule has 0 saturated carbocycles. The number of piperidine rings is 1. The molecule has 1 heterocycles. The predicted octanol–water partition coefficient (Wildman–Crippen LogP) is 2.82. The first-order valence-electron chi connectivity index (χ1n) is 7.73. The number of carbonyl (C=O) groups excluding carboxylic acids is 2. The standard InChI is InChI=1S/C17H22FNO3/c1-13(20)22-16-8-11-19(12-9-16)10-2-3-17(21)14-4-6-15(18)7-5-14/h4-7,16H,2-3,8-12H2,1H3. The number of Topliss-reactive ketones (excluding diaryl/α,β-unsaturated/α-hetero) is 1. The van der Waals surface area contributed by atoms with Crippen LogP contribution in [-0.2, 0) is 9.53 Å². The molecule has 1 aromatic carbocycles. The largest absolute Gasteiger partial charge is 0.462 e. The Labute approximate surface area is 130 Å². The molecule has 0 spiro atoms. The van der Waals surface area contributed by atoms with Crippen molar-refractivity contribution in [1.29, 1.82) is 0 Å². The lowest BCUT2D eigenvalue weighted by Gasteiger charge is -2.31. The summed E-state index contributed by atoms with van der Waals surface area (Å²) in [7, 11) is 0. The van der Waals surface area contributed by atoms with Crippen LogP contribution in [0.5, 0.6) is 0 Å². The molecule has 2 rings (SSSR count). The van der Waals surface area contributed by atoms with E-state index in [9.17, 15) is 14.0 Å². The molecule has 22 heavy (non-hydrogen) atoms. The number of hydrogen-bond acceptors (Lipinski definition) is 4. The minimum atomic E-state index is -0.327. The van der Waals surface area contributed by atoms with Crippen molar-refractivity contribution < 1.29 is 18.7 Å². The van der Waals surface area contributed by atoms with Gasteiger partial charge in [-0.1, -0.05) is 0 Å². The molecule has 1 saturated heterocycles. The van der Waals surface area contributed by atoms with Crippen LogP contribution >= 0.6 is 0 Å². The topological polar surface area (TPSA) is 46.6 Å². The highest BCUT2D eigenvalue weighted by atomic mass is 19.1. The van der Waals surface area contributed by atoms with Crippen molar-refractivity contribution in [3.63, 3.8) is 0 Å². The zero-order chi connectivity index (χ0) is 15.9. The molecule has 5 heteroatoms. The highest BCUT2D eigenvalue weighted by Gasteiger charge is 2.21. The van der Waals surface area contributed by atoms with E-state index in [1.54, 1.807) is 0 Å². The van der Waals surface area contributed by atoms with E-state index in [-0.39, 0.29) is 23.7 Å². The molecule has 0 aromatic heterocycles. The number of esters is 1. The van der Waals surface area contributed by atoms with Gasteiger partial charge in [0.2, 0.25) is 0 Å². The average Bonchev–Trinajstić information content (AvgIpc) is 2.49. The van der Waals surface area contributed by atoms with Crippen LogP contribution in [-0.4, -0.2) is 42.4 Å². The molecule has 0 radical (unpaired) electrons. The maximum absolute atomic E-state index is 12.8. The third kappa shape index (κ3) is 5.22. The maximum Gasteiger partial charge on any atom is 0.302 e. The van der Waals surface area contributed by atoms with Crippen molar-refractivity contribution >= 4 is 11.8 Å². The molecule has 1 fully saturated rings. The van der Waals surface area contributed by atoms with Crippen molar-refractivity contribution in [3.8, 4) is 0 Å². The van der Waals surface area contributed by atoms with Gasteiger partial charge in [-0.15, -0.1) is 0 Å². The minimum absolute atomic E-state index is 0.0367. The van der Waals surface area contributed by atoms with Gasteiger partial charge in [0.15, 0.2) is 5.78 Å². The number of benzene rings is 1. The van der Waals surface area contributed by atoms with Gasteiger partial charge in [0.1, 0.15) is 11.9 Å². The van der Waals surface area contributed by atoms with Crippen molar-refractivity contribution in [2.45, 2.75) is 38.7 Å². The molecule has 0 amide bonds. The summed E-state index contributed by atoms with van der Waals surface area (Å²) in [6.07, 6.45) is 3.00. The van der Waals surface area contributed by atoms with Gasteiger partial charge in [0, 0.05) is 32.0 Å². The maximum atomic E-state index is 12.8. The molecule has 0 unspecified atom stereocenters. The number of hydrogen-bond donors (Lipinski definition) is 0. The summed E-state index contributed by atoms with van der Waals surface area (Å²) in [5.74, 6) is -0.495.